The highest BCUT2D eigenvalue weighted by Gasteiger charge is 2.20. The van der Waals surface area contributed by atoms with Gasteiger partial charge in [-0.15, -0.1) is 0 Å². The number of para-hydroxylation sites is 2. The van der Waals surface area contributed by atoms with Crippen molar-refractivity contribution in [3.63, 3.8) is 0 Å². The first kappa shape index (κ1) is 16.1. The first-order chi connectivity index (χ1) is 12.3. The van der Waals surface area contributed by atoms with Gasteiger partial charge in [-0.25, -0.2) is 0 Å². The fraction of sp³-hybridized carbons (Fsp3) is 0.400. The highest BCUT2D eigenvalue weighted by Crippen LogP contribution is 2.33. The van der Waals surface area contributed by atoms with E-state index in [4.69, 9.17) is 14.2 Å². The van der Waals surface area contributed by atoms with Crippen molar-refractivity contribution in [2.45, 2.75) is 13.5 Å². The Labute approximate surface area is 148 Å². The summed E-state index contributed by atoms with van der Waals surface area (Å²) in [5.74, 6) is 2.69. The maximum Gasteiger partial charge on any atom is 0.231 e. The Bertz CT molecular complexity index is 727. The summed E-state index contributed by atoms with van der Waals surface area (Å²) >= 11 is 0. The molecule has 2 aromatic rings. The van der Waals surface area contributed by atoms with Crippen LogP contribution in [-0.4, -0.2) is 44.5 Å². The standard InChI is InChI=1S/C20H24N2O3/c1-2-23-18-6-4-3-5-17(18)22-11-9-21(10-12-22)14-16-7-8-19-20(13-16)25-15-24-19/h3-8,13H,2,9-12,14-15H2,1H3. The van der Waals surface area contributed by atoms with Gasteiger partial charge in [-0.1, -0.05) is 18.2 Å². The van der Waals surface area contributed by atoms with Gasteiger partial charge in [-0.2, -0.15) is 0 Å². The Morgan fingerprint density at radius 1 is 0.960 bits per heavy atom. The maximum absolute atomic E-state index is 5.77. The van der Waals surface area contributed by atoms with Crippen LogP contribution in [0.25, 0.3) is 0 Å². The van der Waals surface area contributed by atoms with Crippen molar-refractivity contribution >= 4 is 5.69 Å². The first-order valence-electron chi connectivity index (χ1n) is 8.91. The van der Waals surface area contributed by atoms with Gasteiger partial charge in [0, 0.05) is 32.7 Å². The van der Waals surface area contributed by atoms with Gasteiger partial charge < -0.3 is 19.1 Å². The van der Waals surface area contributed by atoms with Crippen molar-refractivity contribution in [3.8, 4) is 17.2 Å². The Kier molecular flexibility index (Phi) is 4.65. The molecule has 0 atom stereocenters. The highest BCUT2D eigenvalue weighted by atomic mass is 16.7. The molecule has 2 aromatic carbocycles. The van der Waals surface area contributed by atoms with E-state index in [1.165, 1.54) is 11.3 Å². The Morgan fingerprint density at radius 2 is 1.76 bits per heavy atom. The van der Waals surface area contributed by atoms with E-state index in [9.17, 15) is 0 Å². The molecular formula is C20H24N2O3. The van der Waals surface area contributed by atoms with E-state index < -0.39 is 0 Å². The molecule has 0 radical (unpaired) electrons. The molecule has 4 rings (SSSR count). The largest absolute Gasteiger partial charge is 0.492 e. The Hall–Kier alpha value is -2.40. The molecule has 0 amide bonds. The quantitative estimate of drug-likeness (QED) is 0.835. The second kappa shape index (κ2) is 7.23. The minimum Gasteiger partial charge on any atom is -0.492 e. The molecule has 2 heterocycles. The zero-order valence-electron chi connectivity index (χ0n) is 14.6. The van der Waals surface area contributed by atoms with Crippen LogP contribution in [-0.2, 0) is 6.54 Å². The fourth-order valence-corrected chi connectivity index (χ4v) is 3.44. The summed E-state index contributed by atoms with van der Waals surface area (Å²) in [5.41, 5.74) is 2.47. The minimum atomic E-state index is 0.330. The minimum absolute atomic E-state index is 0.330. The summed E-state index contributed by atoms with van der Waals surface area (Å²) in [6, 6.07) is 14.5. The van der Waals surface area contributed by atoms with E-state index >= 15 is 0 Å². The lowest BCUT2D eigenvalue weighted by molar-refractivity contribution is 0.174. The Morgan fingerprint density at radius 3 is 2.60 bits per heavy atom. The molecule has 5 nitrogen and oxygen atoms in total. The molecule has 0 aromatic heterocycles. The molecular weight excluding hydrogens is 316 g/mol. The number of anilines is 1. The zero-order chi connectivity index (χ0) is 17.1. The maximum atomic E-state index is 5.77. The number of benzene rings is 2. The van der Waals surface area contributed by atoms with Gasteiger partial charge in [-0.05, 0) is 36.8 Å². The average Bonchev–Trinajstić information content (AvgIpc) is 3.11. The van der Waals surface area contributed by atoms with Gasteiger partial charge in [0.15, 0.2) is 11.5 Å². The summed E-state index contributed by atoms with van der Waals surface area (Å²) in [6.45, 7) is 8.09. The van der Waals surface area contributed by atoms with E-state index in [2.05, 4.69) is 40.1 Å². The van der Waals surface area contributed by atoms with Crippen LogP contribution in [0.5, 0.6) is 17.2 Å². The normalized spacial score (nSPS) is 16.9. The number of rotatable bonds is 5. The SMILES string of the molecule is CCOc1ccccc1N1CCN(Cc2ccc3c(c2)OCO3)CC1. The van der Waals surface area contributed by atoms with Crippen molar-refractivity contribution in [2.75, 3.05) is 44.5 Å². The molecule has 0 N–H and O–H groups in total. The summed E-state index contributed by atoms with van der Waals surface area (Å²) in [4.78, 5) is 4.90. The second-order valence-corrected chi connectivity index (χ2v) is 6.35. The molecule has 1 saturated heterocycles. The van der Waals surface area contributed by atoms with E-state index in [-0.39, 0.29) is 0 Å². The molecule has 0 bridgehead atoms. The summed E-state index contributed by atoms with van der Waals surface area (Å²) in [7, 11) is 0. The lowest BCUT2D eigenvalue weighted by atomic mass is 10.1. The van der Waals surface area contributed by atoms with Gasteiger partial charge in [-0.3, -0.25) is 4.90 Å². The third-order valence-electron chi connectivity index (χ3n) is 4.72. The fourth-order valence-electron chi connectivity index (χ4n) is 3.44. The molecule has 1 fully saturated rings. The summed E-state index contributed by atoms with van der Waals surface area (Å²) in [5, 5.41) is 0. The van der Waals surface area contributed by atoms with E-state index in [0.717, 1.165) is 50.0 Å². The molecule has 0 unspecified atom stereocenters. The predicted molar refractivity (Wildman–Crippen MR) is 97.7 cm³/mol. The van der Waals surface area contributed by atoms with Crippen molar-refractivity contribution in [2.24, 2.45) is 0 Å². The number of fused-ring (bicyclic) bond motifs is 1. The lowest BCUT2D eigenvalue weighted by Crippen LogP contribution is -2.46. The van der Waals surface area contributed by atoms with Crippen LogP contribution >= 0.6 is 0 Å². The van der Waals surface area contributed by atoms with Crippen LogP contribution in [0.2, 0.25) is 0 Å². The molecule has 0 saturated carbocycles. The van der Waals surface area contributed by atoms with Crippen molar-refractivity contribution < 1.29 is 14.2 Å². The molecule has 0 aliphatic carbocycles. The van der Waals surface area contributed by atoms with Gasteiger partial charge >= 0.3 is 0 Å². The van der Waals surface area contributed by atoms with Crippen LogP contribution in [0.4, 0.5) is 5.69 Å². The molecule has 132 valence electrons. The number of hydrogen-bond acceptors (Lipinski definition) is 5. The lowest BCUT2D eigenvalue weighted by Gasteiger charge is -2.36. The third kappa shape index (κ3) is 3.51. The van der Waals surface area contributed by atoms with Crippen LogP contribution in [0.3, 0.4) is 0 Å². The number of nitrogens with zero attached hydrogens (tertiary/aromatic N) is 2. The third-order valence-corrected chi connectivity index (χ3v) is 4.72. The van der Waals surface area contributed by atoms with Gasteiger partial charge in [0.25, 0.3) is 0 Å². The summed E-state index contributed by atoms with van der Waals surface area (Å²) < 4.78 is 16.6. The Balaban J connectivity index is 1.37. The van der Waals surface area contributed by atoms with Crippen LogP contribution < -0.4 is 19.1 Å². The molecule has 2 aliphatic rings. The topological polar surface area (TPSA) is 34.2 Å². The average molecular weight is 340 g/mol. The van der Waals surface area contributed by atoms with Crippen LogP contribution in [0, 0.1) is 0 Å². The zero-order valence-corrected chi connectivity index (χ0v) is 14.6. The predicted octanol–water partition coefficient (Wildman–Crippen LogP) is 3.14. The van der Waals surface area contributed by atoms with Gasteiger partial charge in [0.05, 0.1) is 12.3 Å². The van der Waals surface area contributed by atoms with Gasteiger partial charge in [0.1, 0.15) is 5.75 Å². The van der Waals surface area contributed by atoms with E-state index in [0.29, 0.717) is 13.4 Å². The molecule has 25 heavy (non-hydrogen) atoms. The second-order valence-electron chi connectivity index (χ2n) is 6.35. The number of piperazine rings is 1. The van der Waals surface area contributed by atoms with Crippen LogP contribution in [0.1, 0.15) is 12.5 Å². The smallest absolute Gasteiger partial charge is 0.231 e. The van der Waals surface area contributed by atoms with E-state index in [1.807, 2.05) is 19.1 Å². The van der Waals surface area contributed by atoms with Crippen LogP contribution in [0.15, 0.2) is 42.5 Å². The van der Waals surface area contributed by atoms with Gasteiger partial charge in [0.2, 0.25) is 6.79 Å². The van der Waals surface area contributed by atoms with Crippen molar-refractivity contribution in [3.05, 3.63) is 48.0 Å². The monoisotopic (exact) mass is 340 g/mol. The molecule has 0 spiro atoms. The number of ether oxygens (including phenoxy) is 3. The number of hydrogen-bond donors (Lipinski definition) is 0. The van der Waals surface area contributed by atoms with Crippen molar-refractivity contribution in [1.82, 2.24) is 4.90 Å². The summed E-state index contributed by atoms with van der Waals surface area (Å²) in [6.07, 6.45) is 0. The van der Waals surface area contributed by atoms with Crippen molar-refractivity contribution in [1.29, 1.82) is 0 Å². The van der Waals surface area contributed by atoms with E-state index in [1.54, 1.807) is 0 Å². The highest BCUT2D eigenvalue weighted by molar-refractivity contribution is 5.58. The first-order valence-corrected chi connectivity index (χ1v) is 8.91. The molecule has 2 aliphatic heterocycles. The molecule has 5 heteroatoms.